The van der Waals surface area contributed by atoms with E-state index in [0.29, 0.717) is 43.5 Å². The van der Waals surface area contributed by atoms with Gasteiger partial charge in [-0.3, -0.25) is 4.79 Å². The zero-order chi connectivity index (χ0) is 22.5. The van der Waals surface area contributed by atoms with Crippen LogP contribution in [0, 0.1) is 0 Å². The number of morpholine rings is 1. The number of hydrogen-bond acceptors (Lipinski definition) is 7. The summed E-state index contributed by atoms with van der Waals surface area (Å²) in [7, 11) is 0. The molecule has 0 bridgehead atoms. The first-order chi connectivity index (χ1) is 15.5. The summed E-state index contributed by atoms with van der Waals surface area (Å²) >= 11 is 0. The van der Waals surface area contributed by atoms with Crippen LogP contribution in [0.4, 0.5) is 5.69 Å². The second-order valence-corrected chi connectivity index (χ2v) is 7.87. The van der Waals surface area contributed by atoms with E-state index in [2.05, 4.69) is 15.5 Å². The molecule has 1 aromatic heterocycles. The summed E-state index contributed by atoms with van der Waals surface area (Å²) in [5, 5.41) is 7.30. The van der Waals surface area contributed by atoms with Crippen LogP contribution in [0.5, 0.6) is 5.75 Å². The number of ether oxygens (including phenoxy) is 2. The SMILES string of the molecule is CCOc1ccc(-c2noc(CNc3ccc(C(=O)N4CC(C)OC(C)C4)cc3)n2)cc1. The van der Waals surface area contributed by atoms with E-state index in [1.54, 1.807) is 0 Å². The average Bonchev–Trinajstić information content (AvgIpc) is 3.27. The number of anilines is 1. The van der Waals surface area contributed by atoms with Crippen LogP contribution in [0.15, 0.2) is 53.1 Å². The lowest BCUT2D eigenvalue weighted by Crippen LogP contribution is -2.48. The van der Waals surface area contributed by atoms with E-state index in [4.69, 9.17) is 14.0 Å². The third kappa shape index (κ3) is 5.26. The Morgan fingerprint density at radius 1 is 1.09 bits per heavy atom. The van der Waals surface area contributed by atoms with Gasteiger partial charge in [-0.1, -0.05) is 5.16 Å². The Balaban J connectivity index is 1.33. The van der Waals surface area contributed by atoms with Gasteiger partial charge in [0.25, 0.3) is 5.91 Å². The predicted octanol–water partition coefficient (Wildman–Crippen LogP) is 4.00. The number of nitrogens with one attached hydrogen (secondary N) is 1. The third-order valence-corrected chi connectivity index (χ3v) is 5.17. The average molecular weight is 437 g/mol. The fraction of sp³-hybridized carbons (Fsp3) is 0.375. The number of benzene rings is 2. The predicted molar refractivity (Wildman–Crippen MR) is 121 cm³/mol. The normalized spacial score (nSPS) is 18.4. The van der Waals surface area contributed by atoms with Gasteiger partial charge < -0.3 is 24.2 Å². The molecule has 1 saturated heterocycles. The summed E-state index contributed by atoms with van der Waals surface area (Å²) in [5.41, 5.74) is 2.39. The number of nitrogens with zero attached hydrogens (tertiary/aromatic N) is 3. The fourth-order valence-electron chi connectivity index (χ4n) is 3.75. The van der Waals surface area contributed by atoms with Crippen molar-refractivity contribution in [3.63, 3.8) is 0 Å². The Bertz CT molecular complexity index is 1020. The van der Waals surface area contributed by atoms with Gasteiger partial charge in [0, 0.05) is 29.9 Å². The smallest absolute Gasteiger partial charge is 0.254 e. The highest BCUT2D eigenvalue weighted by molar-refractivity contribution is 5.94. The van der Waals surface area contributed by atoms with Crippen molar-refractivity contribution < 1.29 is 18.8 Å². The summed E-state index contributed by atoms with van der Waals surface area (Å²) in [6.45, 7) is 8.15. The molecule has 1 amide bonds. The van der Waals surface area contributed by atoms with Crippen molar-refractivity contribution >= 4 is 11.6 Å². The van der Waals surface area contributed by atoms with Gasteiger partial charge in [0.2, 0.25) is 11.7 Å². The van der Waals surface area contributed by atoms with Crippen LogP contribution < -0.4 is 10.1 Å². The lowest BCUT2D eigenvalue weighted by molar-refractivity contribution is -0.0586. The first kappa shape index (κ1) is 21.8. The molecule has 1 fully saturated rings. The number of aromatic nitrogens is 2. The van der Waals surface area contributed by atoms with E-state index in [1.807, 2.05) is 74.2 Å². The van der Waals surface area contributed by atoms with Crippen molar-refractivity contribution in [2.45, 2.75) is 39.5 Å². The second-order valence-electron chi connectivity index (χ2n) is 7.87. The van der Waals surface area contributed by atoms with E-state index < -0.39 is 0 Å². The van der Waals surface area contributed by atoms with Gasteiger partial charge in [-0.15, -0.1) is 0 Å². The highest BCUT2D eigenvalue weighted by Gasteiger charge is 2.26. The molecule has 0 saturated carbocycles. The minimum absolute atomic E-state index is 0.0236. The maximum Gasteiger partial charge on any atom is 0.254 e. The molecule has 2 atom stereocenters. The van der Waals surface area contributed by atoms with Crippen LogP contribution in [0.1, 0.15) is 37.0 Å². The summed E-state index contributed by atoms with van der Waals surface area (Å²) in [5.74, 6) is 1.83. The number of carbonyl (C=O) groups excluding carboxylic acids is 1. The number of rotatable bonds is 7. The van der Waals surface area contributed by atoms with Crippen LogP contribution in [-0.4, -0.2) is 52.9 Å². The minimum Gasteiger partial charge on any atom is -0.494 e. The summed E-state index contributed by atoms with van der Waals surface area (Å²) in [6.07, 6.45) is 0.0936. The van der Waals surface area contributed by atoms with Crippen molar-refractivity contribution in [3.05, 3.63) is 60.0 Å². The highest BCUT2D eigenvalue weighted by atomic mass is 16.5. The van der Waals surface area contributed by atoms with Gasteiger partial charge in [0.1, 0.15) is 5.75 Å². The van der Waals surface area contributed by atoms with Crippen LogP contribution in [0.3, 0.4) is 0 Å². The standard InChI is InChI=1S/C24H28N4O4/c1-4-30-21-11-7-18(8-12-21)23-26-22(32-27-23)13-25-20-9-5-19(6-10-20)24(29)28-14-16(2)31-17(3)15-28/h5-12,16-17,25H,4,13-15H2,1-3H3. The topological polar surface area (TPSA) is 89.7 Å². The molecule has 32 heavy (non-hydrogen) atoms. The summed E-state index contributed by atoms with van der Waals surface area (Å²) in [6, 6.07) is 15.0. The zero-order valence-electron chi connectivity index (χ0n) is 18.6. The summed E-state index contributed by atoms with van der Waals surface area (Å²) < 4.78 is 16.5. The van der Waals surface area contributed by atoms with Crippen LogP contribution in [0.2, 0.25) is 0 Å². The lowest BCUT2D eigenvalue weighted by Gasteiger charge is -2.35. The van der Waals surface area contributed by atoms with Gasteiger partial charge in [0.15, 0.2) is 0 Å². The Morgan fingerprint density at radius 2 is 1.78 bits per heavy atom. The molecule has 8 nitrogen and oxygen atoms in total. The molecule has 168 valence electrons. The van der Waals surface area contributed by atoms with Crippen LogP contribution in [-0.2, 0) is 11.3 Å². The van der Waals surface area contributed by atoms with Crippen molar-refractivity contribution in [2.75, 3.05) is 25.0 Å². The van der Waals surface area contributed by atoms with E-state index in [-0.39, 0.29) is 18.1 Å². The Morgan fingerprint density at radius 3 is 2.44 bits per heavy atom. The van der Waals surface area contributed by atoms with Gasteiger partial charge in [-0.05, 0) is 69.3 Å². The van der Waals surface area contributed by atoms with Crippen LogP contribution in [0.25, 0.3) is 11.4 Å². The molecule has 2 aromatic carbocycles. The van der Waals surface area contributed by atoms with E-state index in [9.17, 15) is 4.79 Å². The molecule has 0 aliphatic carbocycles. The zero-order valence-corrected chi connectivity index (χ0v) is 18.6. The summed E-state index contributed by atoms with van der Waals surface area (Å²) in [4.78, 5) is 19.1. The maximum absolute atomic E-state index is 12.8. The Hall–Kier alpha value is -3.39. The molecule has 3 aromatic rings. The molecular weight excluding hydrogens is 408 g/mol. The van der Waals surface area contributed by atoms with Gasteiger partial charge in [0.05, 0.1) is 25.4 Å². The molecule has 8 heteroatoms. The highest BCUT2D eigenvalue weighted by Crippen LogP contribution is 2.21. The number of amides is 1. The van der Waals surface area contributed by atoms with Crippen molar-refractivity contribution in [2.24, 2.45) is 0 Å². The largest absolute Gasteiger partial charge is 0.494 e. The number of carbonyl (C=O) groups is 1. The number of hydrogen-bond donors (Lipinski definition) is 1. The quantitative estimate of drug-likeness (QED) is 0.599. The molecule has 2 unspecified atom stereocenters. The Labute approximate surface area is 187 Å². The maximum atomic E-state index is 12.8. The van der Waals surface area contributed by atoms with Gasteiger partial charge >= 0.3 is 0 Å². The minimum atomic E-state index is 0.0236. The molecule has 4 rings (SSSR count). The van der Waals surface area contributed by atoms with Crippen molar-refractivity contribution in [1.82, 2.24) is 15.0 Å². The van der Waals surface area contributed by atoms with E-state index in [0.717, 1.165) is 17.0 Å². The molecule has 1 aliphatic rings. The Kier molecular flexibility index (Phi) is 6.70. The molecule has 0 radical (unpaired) electrons. The molecule has 0 spiro atoms. The van der Waals surface area contributed by atoms with Gasteiger partial charge in [-0.25, -0.2) is 0 Å². The molecule has 2 heterocycles. The molecular formula is C24H28N4O4. The first-order valence-corrected chi connectivity index (χ1v) is 10.9. The fourth-order valence-corrected chi connectivity index (χ4v) is 3.75. The molecule has 1 N–H and O–H groups in total. The van der Waals surface area contributed by atoms with Crippen molar-refractivity contribution in [3.8, 4) is 17.1 Å². The van der Waals surface area contributed by atoms with Crippen LogP contribution >= 0.6 is 0 Å². The first-order valence-electron chi connectivity index (χ1n) is 10.9. The van der Waals surface area contributed by atoms with Crippen molar-refractivity contribution in [1.29, 1.82) is 0 Å². The van der Waals surface area contributed by atoms with E-state index >= 15 is 0 Å². The van der Waals surface area contributed by atoms with E-state index in [1.165, 1.54) is 0 Å². The lowest BCUT2D eigenvalue weighted by atomic mass is 10.1. The molecule has 1 aliphatic heterocycles. The second kappa shape index (κ2) is 9.82. The third-order valence-electron chi connectivity index (χ3n) is 5.17. The monoisotopic (exact) mass is 436 g/mol. The van der Waals surface area contributed by atoms with Gasteiger partial charge in [-0.2, -0.15) is 4.98 Å².